The molecule has 0 aliphatic carbocycles. The Labute approximate surface area is 144 Å². The third-order valence-corrected chi connectivity index (χ3v) is 6.74. The molecule has 2 aromatic carbocycles. The Bertz CT molecular complexity index is 813. The molecule has 0 spiro atoms. The van der Waals surface area contributed by atoms with E-state index in [0.29, 0.717) is 18.0 Å². The van der Waals surface area contributed by atoms with Gasteiger partial charge in [0.2, 0.25) is 10.0 Å². The topological polar surface area (TPSA) is 46.6 Å². The SMILES string of the molecule is COc1ccc(C2(C)CCN(S(=O)(=O)c3ccc(C)cc3)C2)cc1. The zero-order valence-corrected chi connectivity index (χ0v) is 15.1. The lowest BCUT2D eigenvalue weighted by molar-refractivity contribution is 0.413. The van der Waals surface area contributed by atoms with Crippen LogP contribution in [0.5, 0.6) is 5.75 Å². The van der Waals surface area contributed by atoms with Crippen LogP contribution < -0.4 is 4.74 Å². The minimum atomic E-state index is -3.44. The lowest BCUT2D eigenvalue weighted by Gasteiger charge is -2.25. The largest absolute Gasteiger partial charge is 0.497 e. The fourth-order valence-electron chi connectivity index (χ4n) is 3.21. The van der Waals surface area contributed by atoms with E-state index in [0.717, 1.165) is 23.3 Å². The molecule has 0 amide bonds. The van der Waals surface area contributed by atoms with Crippen LogP contribution in [-0.2, 0) is 15.4 Å². The molecule has 0 radical (unpaired) electrons. The van der Waals surface area contributed by atoms with Crippen LogP contribution in [0.15, 0.2) is 53.4 Å². The molecule has 1 saturated heterocycles. The van der Waals surface area contributed by atoms with Crippen molar-refractivity contribution in [2.24, 2.45) is 0 Å². The van der Waals surface area contributed by atoms with Gasteiger partial charge in [-0.2, -0.15) is 4.31 Å². The molecule has 0 N–H and O–H groups in total. The first-order valence-corrected chi connectivity index (χ1v) is 9.50. The number of hydrogen-bond donors (Lipinski definition) is 0. The Morgan fingerprint density at radius 3 is 2.25 bits per heavy atom. The second-order valence-corrected chi connectivity index (χ2v) is 8.63. The Morgan fingerprint density at radius 2 is 1.67 bits per heavy atom. The third-order valence-electron chi connectivity index (χ3n) is 4.88. The lowest BCUT2D eigenvalue weighted by atomic mass is 9.82. The fraction of sp³-hybridized carbons (Fsp3) is 0.368. The highest BCUT2D eigenvalue weighted by Gasteiger charge is 2.40. The summed E-state index contributed by atoms with van der Waals surface area (Å²) in [5, 5.41) is 0. The number of methoxy groups -OCH3 is 1. The number of nitrogens with zero attached hydrogens (tertiary/aromatic N) is 1. The van der Waals surface area contributed by atoms with E-state index in [4.69, 9.17) is 4.74 Å². The van der Waals surface area contributed by atoms with E-state index in [9.17, 15) is 8.42 Å². The van der Waals surface area contributed by atoms with Crippen molar-refractivity contribution in [2.75, 3.05) is 20.2 Å². The van der Waals surface area contributed by atoms with E-state index < -0.39 is 10.0 Å². The van der Waals surface area contributed by atoms with Crippen LogP contribution in [0.2, 0.25) is 0 Å². The molecule has 1 aliphatic heterocycles. The highest BCUT2D eigenvalue weighted by atomic mass is 32.2. The quantitative estimate of drug-likeness (QED) is 0.854. The average molecular weight is 345 g/mol. The van der Waals surface area contributed by atoms with Crippen molar-refractivity contribution >= 4 is 10.0 Å². The molecule has 24 heavy (non-hydrogen) atoms. The Balaban J connectivity index is 1.84. The molecule has 1 aliphatic rings. The van der Waals surface area contributed by atoms with Crippen molar-refractivity contribution in [1.29, 1.82) is 0 Å². The van der Waals surface area contributed by atoms with Gasteiger partial charge < -0.3 is 4.74 Å². The Hall–Kier alpha value is -1.85. The summed E-state index contributed by atoms with van der Waals surface area (Å²) in [7, 11) is -1.80. The summed E-state index contributed by atoms with van der Waals surface area (Å²) in [4.78, 5) is 0.368. The van der Waals surface area contributed by atoms with Gasteiger partial charge in [0.15, 0.2) is 0 Å². The smallest absolute Gasteiger partial charge is 0.243 e. The minimum Gasteiger partial charge on any atom is -0.497 e. The van der Waals surface area contributed by atoms with Crippen LogP contribution in [0.25, 0.3) is 0 Å². The maximum atomic E-state index is 12.9. The summed E-state index contributed by atoms with van der Waals surface area (Å²) >= 11 is 0. The van der Waals surface area contributed by atoms with Crippen LogP contribution in [0.4, 0.5) is 0 Å². The molecule has 0 bridgehead atoms. The maximum absolute atomic E-state index is 12.9. The van der Waals surface area contributed by atoms with Crippen LogP contribution in [0.1, 0.15) is 24.5 Å². The molecule has 0 aromatic heterocycles. The molecule has 4 nitrogen and oxygen atoms in total. The molecular weight excluding hydrogens is 322 g/mol. The molecule has 2 aromatic rings. The van der Waals surface area contributed by atoms with Gasteiger partial charge in [0.25, 0.3) is 0 Å². The average Bonchev–Trinajstić information content (AvgIpc) is 3.00. The highest BCUT2D eigenvalue weighted by Crippen LogP contribution is 2.37. The maximum Gasteiger partial charge on any atom is 0.243 e. The normalized spacial score (nSPS) is 21.8. The molecule has 3 rings (SSSR count). The molecule has 5 heteroatoms. The summed E-state index contributed by atoms with van der Waals surface area (Å²) in [6.07, 6.45) is 0.810. The standard InChI is InChI=1S/C19H23NO3S/c1-15-4-10-18(11-5-15)24(21,22)20-13-12-19(2,14-20)16-6-8-17(23-3)9-7-16/h4-11H,12-14H2,1-3H3. The van der Waals surface area contributed by atoms with Gasteiger partial charge in [0.1, 0.15) is 5.75 Å². The second kappa shape index (κ2) is 6.22. The van der Waals surface area contributed by atoms with Gasteiger partial charge in [0, 0.05) is 18.5 Å². The molecule has 0 saturated carbocycles. The van der Waals surface area contributed by atoms with Crippen molar-refractivity contribution in [2.45, 2.75) is 30.6 Å². The van der Waals surface area contributed by atoms with Crippen molar-refractivity contribution in [3.63, 3.8) is 0 Å². The zero-order chi connectivity index (χ0) is 17.4. The predicted octanol–water partition coefficient (Wildman–Crippen LogP) is 3.36. The van der Waals surface area contributed by atoms with Crippen LogP contribution in [0.3, 0.4) is 0 Å². The van der Waals surface area contributed by atoms with Gasteiger partial charge in [0.05, 0.1) is 12.0 Å². The summed E-state index contributed by atoms with van der Waals surface area (Å²) < 4.78 is 32.5. The van der Waals surface area contributed by atoms with E-state index in [1.807, 2.05) is 43.3 Å². The van der Waals surface area contributed by atoms with Crippen molar-refractivity contribution in [1.82, 2.24) is 4.31 Å². The summed E-state index contributed by atoms with van der Waals surface area (Å²) in [6, 6.07) is 15.0. The molecule has 128 valence electrons. The Morgan fingerprint density at radius 1 is 1.04 bits per heavy atom. The first-order chi connectivity index (χ1) is 11.3. The molecule has 1 atom stereocenters. The first-order valence-electron chi connectivity index (χ1n) is 8.06. The summed E-state index contributed by atoms with van der Waals surface area (Å²) in [6.45, 7) is 5.11. The lowest BCUT2D eigenvalue weighted by Crippen LogP contribution is -2.32. The predicted molar refractivity (Wildman–Crippen MR) is 94.9 cm³/mol. The van der Waals surface area contributed by atoms with Gasteiger partial charge in [-0.1, -0.05) is 36.8 Å². The minimum absolute atomic E-state index is 0.177. The Kier molecular flexibility index (Phi) is 4.40. The first kappa shape index (κ1) is 17.0. The van der Waals surface area contributed by atoms with E-state index in [-0.39, 0.29) is 5.41 Å². The third kappa shape index (κ3) is 3.06. The van der Waals surface area contributed by atoms with E-state index in [1.54, 1.807) is 23.5 Å². The number of ether oxygens (including phenoxy) is 1. The van der Waals surface area contributed by atoms with Crippen molar-refractivity contribution < 1.29 is 13.2 Å². The zero-order valence-electron chi connectivity index (χ0n) is 14.3. The van der Waals surface area contributed by atoms with Gasteiger partial charge in [-0.25, -0.2) is 8.42 Å². The molecular formula is C19H23NO3S. The van der Waals surface area contributed by atoms with Gasteiger partial charge in [-0.15, -0.1) is 0 Å². The number of rotatable bonds is 4. The summed E-state index contributed by atoms with van der Waals surface area (Å²) in [5.41, 5.74) is 2.02. The number of sulfonamides is 1. The van der Waals surface area contributed by atoms with Crippen LogP contribution in [0, 0.1) is 6.92 Å². The number of aryl methyl sites for hydroxylation is 1. The molecule has 1 fully saturated rings. The second-order valence-electron chi connectivity index (χ2n) is 6.69. The van der Waals surface area contributed by atoms with Gasteiger partial charge in [-0.05, 0) is 43.2 Å². The van der Waals surface area contributed by atoms with E-state index in [1.165, 1.54) is 0 Å². The fourth-order valence-corrected chi connectivity index (χ4v) is 4.78. The van der Waals surface area contributed by atoms with Gasteiger partial charge in [-0.3, -0.25) is 0 Å². The monoisotopic (exact) mass is 345 g/mol. The number of benzene rings is 2. The highest BCUT2D eigenvalue weighted by molar-refractivity contribution is 7.89. The van der Waals surface area contributed by atoms with Crippen LogP contribution >= 0.6 is 0 Å². The van der Waals surface area contributed by atoms with Gasteiger partial charge >= 0.3 is 0 Å². The molecule has 1 unspecified atom stereocenters. The van der Waals surface area contributed by atoms with Crippen molar-refractivity contribution in [3.8, 4) is 5.75 Å². The van der Waals surface area contributed by atoms with Crippen LogP contribution in [-0.4, -0.2) is 32.9 Å². The van der Waals surface area contributed by atoms with Crippen molar-refractivity contribution in [3.05, 3.63) is 59.7 Å². The summed E-state index contributed by atoms with van der Waals surface area (Å²) in [5.74, 6) is 0.810. The molecule has 1 heterocycles. The van der Waals surface area contributed by atoms with E-state index in [2.05, 4.69) is 6.92 Å². The number of hydrogen-bond acceptors (Lipinski definition) is 3. The van der Waals surface area contributed by atoms with E-state index >= 15 is 0 Å².